The van der Waals surface area contributed by atoms with E-state index in [1.54, 1.807) is 48.0 Å². The number of rotatable bonds is 6. The summed E-state index contributed by atoms with van der Waals surface area (Å²) in [7, 11) is -2.31. The highest BCUT2D eigenvalue weighted by atomic mass is 32.2. The smallest absolute Gasteiger partial charge is 0.264 e. The standard InChI is InChI=1S/C23H24N4O5S/c1-15-6-8-16(9-7-15)33(28,29)26-23-25-14-20(32-21-5-3-4-12-31-21)18-13-17-19(30-2)10-11-24-22(17)27(18)23/h6-11,13-14,21H,3-5,12H2,1-2H3,(H,25,26). The van der Waals surface area contributed by atoms with Gasteiger partial charge in [0.15, 0.2) is 17.7 Å². The van der Waals surface area contributed by atoms with Crippen LogP contribution < -0.4 is 14.2 Å². The van der Waals surface area contributed by atoms with Crippen LogP contribution in [-0.2, 0) is 14.8 Å². The highest BCUT2D eigenvalue weighted by Crippen LogP contribution is 2.34. The molecule has 1 aromatic carbocycles. The Balaban J connectivity index is 1.64. The molecule has 1 saturated heterocycles. The molecule has 4 heterocycles. The van der Waals surface area contributed by atoms with Gasteiger partial charge in [0.1, 0.15) is 5.75 Å². The fourth-order valence-electron chi connectivity index (χ4n) is 3.90. The molecule has 0 aliphatic carbocycles. The van der Waals surface area contributed by atoms with Gasteiger partial charge in [-0.3, -0.25) is 4.40 Å². The molecule has 10 heteroatoms. The van der Waals surface area contributed by atoms with E-state index in [0.29, 0.717) is 34.7 Å². The molecule has 1 aliphatic rings. The first-order valence-corrected chi connectivity index (χ1v) is 12.2. The number of benzene rings is 1. The molecule has 0 radical (unpaired) electrons. The van der Waals surface area contributed by atoms with Crippen LogP contribution in [0.2, 0.25) is 0 Å². The number of fused-ring (bicyclic) bond motifs is 3. The van der Waals surface area contributed by atoms with Gasteiger partial charge in [0.2, 0.25) is 5.95 Å². The zero-order valence-corrected chi connectivity index (χ0v) is 19.1. The van der Waals surface area contributed by atoms with Crippen LogP contribution in [0.25, 0.3) is 16.6 Å². The van der Waals surface area contributed by atoms with Crippen LogP contribution in [0.3, 0.4) is 0 Å². The van der Waals surface area contributed by atoms with Gasteiger partial charge in [0.05, 0.1) is 35.7 Å². The van der Waals surface area contributed by atoms with Crippen molar-refractivity contribution in [1.82, 2.24) is 14.4 Å². The van der Waals surface area contributed by atoms with Crippen molar-refractivity contribution in [3.05, 3.63) is 54.4 Å². The summed E-state index contributed by atoms with van der Waals surface area (Å²) in [5.74, 6) is 1.18. The molecule has 1 atom stereocenters. The number of aryl methyl sites for hydroxylation is 1. The molecule has 0 bridgehead atoms. The van der Waals surface area contributed by atoms with Crippen LogP contribution in [0.15, 0.2) is 53.7 Å². The number of sulfonamides is 1. The van der Waals surface area contributed by atoms with E-state index in [4.69, 9.17) is 14.2 Å². The Bertz CT molecular complexity index is 1410. The number of methoxy groups -OCH3 is 1. The van der Waals surface area contributed by atoms with Crippen molar-refractivity contribution >= 4 is 32.5 Å². The molecule has 33 heavy (non-hydrogen) atoms. The summed E-state index contributed by atoms with van der Waals surface area (Å²) < 4.78 is 47.7. The average molecular weight is 469 g/mol. The fourth-order valence-corrected chi connectivity index (χ4v) is 4.89. The van der Waals surface area contributed by atoms with E-state index in [-0.39, 0.29) is 17.1 Å². The third-order valence-corrected chi connectivity index (χ3v) is 6.95. The largest absolute Gasteiger partial charge is 0.496 e. The molecule has 4 aromatic rings. The monoisotopic (exact) mass is 468 g/mol. The Kier molecular flexibility index (Phi) is 5.55. The number of pyridine rings is 1. The summed E-state index contributed by atoms with van der Waals surface area (Å²) in [5.41, 5.74) is 2.06. The quantitative estimate of drug-likeness (QED) is 0.458. The second kappa shape index (κ2) is 8.53. The van der Waals surface area contributed by atoms with Gasteiger partial charge in [-0.2, -0.15) is 0 Å². The first-order valence-electron chi connectivity index (χ1n) is 10.7. The van der Waals surface area contributed by atoms with Crippen molar-refractivity contribution < 1.29 is 22.6 Å². The van der Waals surface area contributed by atoms with Crippen LogP contribution in [0.1, 0.15) is 24.8 Å². The zero-order chi connectivity index (χ0) is 23.0. The van der Waals surface area contributed by atoms with Crippen molar-refractivity contribution in [2.24, 2.45) is 0 Å². The Hall–Kier alpha value is -3.37. The predicted molar refractivity (Wildman–Crippen MR) is 123 cm³/mol. The first-order chi connectivity index (χ1) is 16.0. The van der Waals surface area contributed by atoms with Gasteiger partial charge in [-0.05, 0) is 44.0 Å². The van der Waals surface area contributed by atoms with Gasteiger partial charge < -0.3 is 14.2 Å². The maximum atomic E-state index is 13.1. The van der Waals surface area contributed by atoms with E-state index < -0.39 is 10.0 Å². The number of nitrogens with zero attached hydrogens (tertiary/aromatic N) is 3. The molecule has 3 aromatic heterocycles. The second-order valence-corrected chi connectivity index (χ2v) is 9.58. The maximum Gasteiger partial charge on any atom is 0.264 e. The molecule has 1 fully saturated rings. The van der Waals surface area contributed by atoms with E-state index in [1.165, 1.54) is 6.20 Å². The van der Waals surface area contributed by atoms with Gasteiger partial charge in [-0.1, -0.05) is 17.7 Å². The lowest BCUT2D eigenvalue weighted by Crippen LogP contribution is -2.25. The minimum atomic E-state index is -3.88. The second-order valence-electron chi connectivity index (χ2n) is 7.89. The molecular formula is C23H24N4O5S. The van der Waals surface area contributed by atoms with Crippen molar-refractivity contribution in [2.75, 3.05) is 18.4 Å². The summed E-state index contributed by atoms with van der Waals surface area (Å²) in [6, 6.07) is 10.2. The molecule has 0 saturated carbocycles. The predicted octanol–water partition coefficient (Wildman–Crippen LogP) is 3.91. The summed E-state index contributed by atoms with van der Waals surface area (Å²) in [4.78, 5) is 8.99. The van der Waals surface area contributed by atoms with Gasteiger partial charge in [0.25, 0.3) is 10.0 Å². The number of ether oxygens (including phenoxy) is 3. The summed E-state index contributed by atoms with van der Waals surface area (Å²) >= 11 is 0. The van der Waals surface area contributed by atoms with Crippen LogP contribution in [0.4, 0.5) is 5.95 Å². The first kappa shape index (κ1) is 21.5. The lowest BCUT2D eigenvalue weighted by molar-refractivity contribution is -0.105. The van der Waals surface area contributed by atoms with Gasteiger partial charge in [-0.25, -0.2) is 23.1 Å². The molecule has 0 amide bonds. The minimum absolute atomic E-state index is 0.0956. The van der Waals surface area contributed by atoms with Gasteiger partial charge in [0, 0.05) is 12.6 Å². The number of anilines is 1. The third-order valence-electron chi connectivity index (χ3n) is 5.60. The number of aromatic nitrogens is 3. The highest BCUT2D eigenvalue weighted by Gasteiger charge is 2.23. The number of nitrogens with one attached hydrogen (secondary N) is 1. The van der Waals surface area contributed by atoms with E-state index in [2.05, 4.69) is 14.7 Å². The van der Waals surface area contributed by atoms with E-state index in [9.17, 15) is 8.42 Å². The molecule has 0 spiro atoms. The van der Waals surface area contributed by atoms with Crippen LogP contribution in [0.5, 0.6) is 11.5 Å². The molecule has 1 aliphatic heterocycles. The highest BCUT2D eigenvalue weighted by molar-refractivity contribution is 7.92. The summed E-state index contributed by atoms with van der Waals surface area (Å²) in [6.07, 6.45) is 5.52. The Morgan fingerprint density at radius 2 is 1.94 bits per heavy atom. The van der Waals surface area contributed by atoms with Gasteiger partial charge in [-0.15, -0.1) is 0 Å². The Morgan fingerprint density at radius 1 is 1.12 bits per heavy atom. The van der Waals surface area contributed by atoms with Crippen LogP contribution >= 0.6 is 0 Å². The van der Waals surface area contributed by atoms with Crippen LogP contribution in [0, 0.1) is 6.92 Å². The molecule has 5 rings (SSSR count). The van der Waals surface area contributed by atoms with Crippen molar-refractivity contribution in [3.8, 4) is 11.5 Å². The molecule has 172 valence electrons. The Labute approximate surface area is 191 Å². The fraction of sp³-hybridized carbons (Fsp3) is 0.304. The average Bonchev–Trinajstić information content (AvgIpc) is 3.22. The van der Waals surface area contributed by atoms with Crippen molar-refractivity contribution in [1.29, 1.82) is 0 Å². The summed E-state index contributed by atoms with van der Waals surface area (Å²) in [6.45, 7) is 2.54. The maximum absolute atomic E-state index is 13.1. The van der Waals surface area contributed by atoms with Crippen LogP contribution in [-0.4, -0.2) is 42.8 Å². The SMILES string of the molecule is COc1ccnc2c1cc1c(OC3CCCCO3)cnc(NS(=O)(=O)c3ccc(C)cc3)n12. The molecule has 9 nitrogen and oxygen atoms in total. The van der Waals surface area contributed by atoms with E-state index in [0.717, 1.165) is 24.8 Å². The topological polar surface area (TPSA) is 104 Å². The summed E-state index contributed by atoms with van der Waals surface area (Å²) in [5, 5.41) is 0.707. The molecule has 1 unspecified atom stereocenters. The van der Waals surface area contributed by atoms with Gasteiger partial charge >= 0.3 is 0 Å². The normalized spacial score (nSPS) is 16.7. The van der Waals surface area contributed by atoms with Crippen molar-refractivity contribution in [2.45, 2.75) is 37.4 Å². The van der Waals surface area contributed by atoms with E-state index in [1.807, 2.05) is 13.0 Å². The molecular weight excluding hydrogens is 444 g/mol. The number of hydrogen-bond donors (Lipinski definition) is 1. The lowest BCUT2D eigenvalue weighted by Gasteiger charge is -2.23. The zero-order valence-electron chi connectivity index (χ0n) is 18.3. The third kappa shape index (κ3) is 4.07. The molecule has 1 N–H and O–H groups in total. The van der Waals surface area contributed by atoms with E-state index >= 15 is 0 Å². The van der Waals surface area contributed by atoms with Crippen molar-refractivity contribution in [3.63, 3.8) is 0 Å². The lowest BCUT2D eigenvalue weighted by atomic mass is 10.2. The number of hydrogen-bond acceptors (Lipinski definition) is 7. The Morgan fingerprint density at radius 3 is 2.67 bits per heavy atom. The minimum Gasteiger partial charge on any atom is -0.496 e.